The zero-order valence-corrected chi connectivity index (χ0v) is 15.9. The van der Waals surface area contributed by atoms with Gasteiger partial charge in [0.15, 0.2) is 5.13 Å². The van der Waals surface area contributed by atoms with Gasteiger partial charge >= 0.3 is 6.03 Å². The molecule has 0 bridgehead atoms. The molecule has 0 atom stereocenters. The van der Waals surface area contributed by atoms with E-state index >= 15 is 0 Å². The Morgan fingerprint density at radius 3 is 2.85 bits per heavy atom. The minimum atomic E-state index is -0.288. The highest BCUT2D eigenvalue weighted by molar-refractivity contribution is 7.22. The summed E-state index contributed by atoms with van der Waals surface area (Å²) in [6, 6.07) is 13.4. The van der Waals surface area contributed by atoms with Crippen molar-refractivity contribution in [3.05, 3.63) is 53.6 Å². The minimum Gasteiger partial charge on any atom is -0.489 e. The first-order chi connectivity index (χ1) is 13.2. The maximum atomic E-state index is 11.7. The Bertz CT molecular complexity index is 941. The Kier molecular flexibility index (Phi) is 6.22. The molecule has 1 heterocycles. The van der Waals surface area contributed by atoms with Crippen LogP contribution < -0.4 is 15.4 Å². The van der Waals surface area contributed by atoms with Crippen LogP contribution in [0.1, 0.15) is 18.1 Å². The standard InChI is InChI=1S/C19H20N4O3S/c1-3-20-18(24)23-19-22-16-10-15(26-12-13-7-5-4-6-8-13)9-14(11-21-25-2)17(16)27-19/h4-11H,3,12H2,1-2H3,(H2,20,22,23,24)/b21-11+. The SMILES string of the molecule is CCNC(=O)Nc1nc2cc(OCc3ccccc3)cc(/C=N/OC)c2s1. The van der Waals surface area contributed by atoms with Crippen molar-refractivity contribution < 1.29 is 14.4 Å². The van der Waals surface area contributed by atoms with Crippen molar-refractivity contribution in [3.63, 3.8) is 0 Å². The number of amides is 2. The molecule has 27 heavy (non-hydrogen) atoms. The Hall–Kier alpha value is -3.13. The molecule has 3 aromatic rings. The van der Waals surface area contributed by atoms with Gasteiger partial charge in [-0.1, -0.05) is 46.8 Å². The number of anilines is 1. The van der Waals surface area contributed by atoms with E-state index in [0.29, 0.717) is 24.0 Å². The summed E-state index contributed by atoms with van der Waals surface area (Å²) < 4.78 is 6.80. The largest absolute Gasteiger partial charge is 0.489 e. The monoisotopic (exact) mass is 384 g/mol. The highest BCUT2D eigenvalue weighted by atomic mass is 32.1. The molecule has 0 aliphatic carbocycles. The number of aromatic nitrogens is 1. The van der Waals surface area contributed by atoms with Crippen molar-refractivity contribution in [1.29, 1.82) is 0 Å². The summed E-state index contributed by atoms with van der Waals surface area (Å²) in [6.45, 7) is 2.84. The summed E-state index contributed by atoms with van der Waals surface area (Å²) in [5.41, 5.74) is 2.59. The van der Waals surface area contributed by atoms with E-state index in [2.05, 4.69) is 20.8 Å². The second kappa shape index (κ2) is 9.00. The van der Waals surface area contributed by atoms with Gasteiger partial charge in [-0.2, -0.15) is 0 Å². The molecule has 0 spiro atoms. The number of carbonyl (C=O) groups is 1. The number of thiazole rings is 1. The third-order valence-electron chi connectivity index (χ3n) is 3.60. The fourth-order valence-electron chi connectivity index (χ4n) is 2.42. The molecule has 7 nitrogen and oxygen atoms in total. The van der Waals surface area contributed by atoms with Gasteiger partial charge in [0.25, 0.3) is 0 Å². The van der Waals surface area contributed by atoms with Crippen molar-refractivity contribution >= 4 is 38.9 Å². The molecule has 0 aliphatic heterocycles. The number of nitrogens with one attached hydrogen (secondary N) is 2. The molecule has 2 amide bonds. The molecule has 0 saturated heterocycles. The van der Waals surface area contributed by atoms with E-state index in [1.807, 2.05) is 49.4 Å². The van der Waals surface area contributed by atoms with E-state index < -0.39 is 0 Å². The number of urea groups is 1. The van der Waals surface area contributed by atoms with Crippen LogP contribution in [0.2, 0.25) is 0 Å². The zero-order chi connectivity index (χ0) is 19.1. The first kappa shape index (κ1) is 18.7. The van der Waals surface area contributed by atoms with Gasteiger partial charge in [0.05, 0.1) is 16.4 Å². The van der Waals surface area contributed by atoms with Gasteiger partial charge in [-0.25, -0.2) is 9.78 Å². The molecule has 1 aromatic heterocycles. The van der Waals surface area contributed by atoms with Crippen LogP contribution >= 0.6 is 11.3 Å². The van der Waals surface area contributed by atoms with Gasteiger partial charge in [0.1, 0.15) is 19.5 Å². The van der Waals surface area contributed by atoms with Gasteiger partial charge in [-0.3, -0.25) is 5.32 Å². The van der Waals surface area contributed by atoms with Crippen LogP contribution in [0.15, 0.2) is 47.6 Å². The second-order valence-electron chi connectivity index (χ2n) is 5.56. The fraction of sp³-hybridized carbons (Fsp3) is 0.211. The number of fused-ring (bicyclic) bond motifs is 1. The maximum absolute atomic E-state index is 11.7. The number of hydrogen-bond acceptors (Lipinski definition) is 6. The van der Waals surface area contributed by atoms with Gasteiger partial charge in [0.2, 0.25) is 0 Å². The summed E-state index contributed by atoms with van der Waals surface area (Å²) in [5.74, 6) is 0.666. The highest BCUT2D eigenvalue weighted by Crippen LogP contribution is 2.32. The lowest BCUT2D eigenvalue weighted by atomic mass is 10.2. The molecular weight excluding hydrogens is 364 g/mol. The summed E-state index contributed by atoms with van der Waals surface area (Å²) in [6.07, 6.45) is 1.60. The number of oxime groups is 1. The predicted molar refractivity (Wildman–Crippen MR) is 108 cm³/mol. The van der Waals surface area contributed by atoms with Crippen molar-refractivity contribution in [2.24, 2.45) is 5.16 Å². The lowest BCUT2D eigenvalue weighted by Crippen LogP contribution is -2.28. The smallest absolute Gasteiger partial charge is 0.321 e. The Morgan fingerprint density at radius 2 is 2.11 bits per heavy atom. The van der Waals surface area contributed by atoms with Crippen molar-refractivity contribution in [1.82, 2.24) is 10.3 Å². The Balaban J connectivity index is 1.88. The lowest BCUT2D eigenvalue weighted by molar-refractivity contribution is 0.215. The molecule has 3 rings (SSSR count). The average Bonchev–Trinajstić information content (AvgIpc) is 3.07. The number of rotatable bonds is 7. The molecule has 0 fully saturated rings. The first-order valence-electron chi connectivity index (χ1n) is 8.42. The normalized spacial score (nSPS) is 10.9. The number of ether oxygens (including phenoxy) is 1. The fourth-order valence-corrected chi connectivity index (χ4v) is 3.34. The summed E-state index contributed by atoms with van der Waals surface area (Å²) >= 11 is 1.37. The van der Waals surface area contributed by atoms with E-state index in [0.717, 1.165) is 21.3 Å². The van der Waals surface area contributed by atoms with Crippen molar-refractivity contribution in [2.75, 3.05) is 19.0 Å². The molecule has 0 saturated carbocycles. The van der Waals surface area contributed by atoms with Crippen LogP contribution in [0.4, 0.5) is 9.93 Å². The number of benzene rings is 2. The van der Waals surface area contributed by atoms with Gasteiger partial charge in [-0.05, 0) is 18.6 Å². The van der Waals surface area contributed by atoms with E-state index in [-0.39, 0.29) is 6.03 Å². The predicted octanol–water partition coefficient (Wildman–Crippen LogP) is 4.00. The van der Waals surface area contributed by atoms with Crippen molar-refractivity contribution in [3.8, 4) is 5.75 Å². The molecule has 140 valence electrons. The summed E-state index contributed by atoms with van der Waals surface area (Å²) in [7, 11) is 1.48. The first-order valence-corrected chi connectivity index (χ1v) is 9.24. The number of hydrogen-bond donors (Lipinski definition) is 2. The van der Waals surface area contributed by atoms with Crippen LogP contribution in [0.5, 0.6) is 5.75 Å². The minimum absolute atomic E-state index is 0.288. The van der Waals surface area contributed by atoms with Crippen LogP contribution in [0.3, 0.4) is 0 Å². The van der Waals surface area contributed by atoms with Gasteiger partial charge < -0.3 is 14.9 Å². The van der Waals surface area contributed by atoms with E-state index in [9.17, 15) is 4.79 Å². The molecule has 0 unspecified atom stereocenters. The summed E-state index contributed by atoms with van der Waals surface area (Å²) in [4.78, 5) is 21.0. The van der Waals surface area contributed by atoms with E-state index in [1.165, 1.54) is 18.4 Å². The molecule has 2 aromatic carbocycles. The molecule has 0 radical (unpaired) electrons. The van der Waals surface area contributed by atoms with Crippen LogP contribution in [0.25, 0.3) is 10.2 Å². The van der Waals surface area contributed by atoms with Crippen LogP contribution in [-0.4, -0.2) is 30.9 Å². The second-order valence-corrected chi connectivity index (χ2v) is 6.55. The van der Waals surface area contributed by atoms with Crippen molar-refractivity contribution in [2.45, 2.75) is 13.5 Å². The summed E-state index contributed by atoms with van der Waals surface area (Å²) in [5, 5.41) is 9.77. The third kappa shape index (κ3) is 4.95. The Morgan fingerprint density at radius 1 is 1.30 bits per heavy atom. The van der Waals surface area contributed by atoms with E-state index in [4.69, 9.17) is 9.57 Å². The Labute approximate surface area is 161 Å². The zero-order valence-electron chi connectivity index (χ0n) is 15.1. The highest BCUT2D eigenvalue weighted by Gasteiger charge is 2.12. The quantitative estimate of drug-likeness (QED) is 0.476. The number of nitrogens with zero attached hydrogens (tertiary/aromatic N) is 2. The molecule has 0 aliphatic rings. The number of carbonyl (C=O) groups excluding carboxylic acids is 1. The molecule has 2 N–H and O–H groups in total. The maximum Gasteiger partial charge on any atom is 0.321 e. The third-order valence-corrected chi connectivity index (χ3v) is 4.63. The van der Waals surface area contributed by atoms with E-state index in [1.54, 1.807) is 6.21 Å². The van der Waals surface area contributed by atoms with Crippen LogP contribution in [-0.2, 0) is 11.4 Å². The van der Waals surface area contributed by atoms with Gasteiger partial charge in [-0.15, -0.1) is 0 Å². The molecule has 8 heteroatoms. The lowest BCUT2D eigenvalue weighted by Gasteiger charge is -2.07. The van der Waals surface area contributed by atoms with Gasteiger partial charge in [0, 0.05) is 18.2 Å². The molecular formula is C19H20N4O3S. The average molecular weight is 384 g/mol. The topological polar surface area (TPSA) is 84.8 Å². The van der Waals surface area contributed by atoms with Crippen LogP contribution in [0, 0.1) is 0 Å².